The van der Waals surface area contributed by atoms with Crippen molar-refractivity contribution in [1.82, 2.24) is 10.2 Å². The molecule has 3 nitrogen and oxygen atoms in total. The minimum absolute atomic E-state index is 0. The molecule has 0 aliphatic carbocycles. The van der Waals surface area contributed by atoms with Crippen molar-refractivity contribution in [2.24, 2.45) is 0 Å². The molecule has 1 aliphatic heterocycles. The zero-order chi connectivity index (χ0) is 14.7. The standard InChI is InChI=1S/C17H21FN2O.2ClH/c1-21-17-7-6-14(13-4-2-3-5-15(13)17)16(12-18)20-10-8-19-9-11-20;;/h2-7,16,19H,8-12H2,1H3;2*1H/t16-;;/m0../s1. The molecule has 1 heterocycles. The third kappa shape index (κ3) is 4.07. The van der Waals surface area contributed by atoms with Crippen LogP contribution in [0.3, 0.4) is 0 Å². The third-order valence-corrected chi connectivity index (χ3v) is 4.24. The second-order valence-electron chi connectivity index (χ2n) is 5.36. The summed E-state index contributed by atoms with van der Waals surface area (Å²) in [4.78, 5) is 2.23. The zero-order valence-electron chi connectivity index (χ0n) is 13.1. The number of alkyl halides is 1. The minimum Gasteiger partial charge on any atom is -0.496 e. The van der Waals surface area contributed by atoms with E-state index in [4.69, 9.17) is 4.74 Å². The molecule has 2 aromatic carbocycles. The van der Waals surface area contributed by atoms with E-state index in [1.54, 1.807) is 7.11 Å². The van der Waals surface area contributed by atoms with E-state index in [1.807, 2.05) is 30.3 Å². The smallest absolute Gasteiger partial charge is 0.126 e. The average Bonchev–Trinajstić information content (AvgIpc) is 2.56. The maximum atomic E-state index is 13.7. The fourth-order valence-corrected chi connectivity index (χ4v) is 3.13. The topological polar surface area (TPSA) is 24.5 Å². The van der Waals surface area contributed by atoms with Gasteiger partial charge in [0.05, 0.1) is 13.2 Å². The number of fused-ring (bicyclic) bond motifs is 1. The molecule has 1 aliphatic rings. The van der Waals surface area contributed by atoms with Crippen molar-refractivity contribution in [3.63, 3.8) is 0 Å². The van der Waals surface area contributed by atoms with Crippen molar-refractivity contribution in [2.75, 3.05) is 40.0 Å². The van der Waals surface area contributed by atoms with Gasteiger partial charge in [0, 0.05) is 31.6 Å². The average molecular weight is 361 g/mol. The fourth-order valence-electron chi connectivity index (χ4n) is 3.13. The van der Waals surface area contributed by atoms with E-state index in [0.29, 0.717) is 0 Å². The molecule has 128 valence electrons. The highest BCUT2D eigenvalue weighted by atomic mass is 35.5. The molecule has 0 aromatic heterocycles. The molecule has 1 fully saturated rings. The van der Waals surface area contributed by atoms with Crippen LogP contribution in [-0.4, -0.2) is 44.9 Å². The number of nitrogens with one attached hydrogen (secondary N) is 1. The Morgan fingerprint density at radius 3 is 2.35 bits per heavy atom. The van der Waals surface area contributed by atoms with Crippen LogP contribution in [0.1, 0.15) is 11.6 Å². The molecule has 0 radical (unpaired) electrons. The van der Waals surface area contributed by atoms with Crippen LogP contribution < -0.4 is 10.1 Å². The van der Waals surface area contributed by atoms with E-state index < -0.39 is 0 Å². The fraction of sp³-hybridized carbons (Fsp3) is 0.412. The summed E-state index contributed by atoms with van der Waals surface area (Å²) in [5, 5.41) is 5.45. The first kappa shape index (κ1) is 20.0. The van der Waals surface area contributed by atoms with Crippen LogP contribution in [0.15, 0.2) is 36.4 Å². The van der Waals surface area contributed by atoms with Crippen LogP contribution in [-0.2, 0) is 0 Å². The van der Waals surface area contributed by atoms with Gasteiger partial charge in [-0.25, -0.2) is 4.39 Å². The van der Waals surface area contributed by atoms with Gasteiger partial charge in [-0.3, -0.25) is 4.90 Å². The predicted octanol–water partition coefficient (Wildman–Crippen LogP) is 3.61. The van der Waals surface area contributed by atoms with Gasteiger partial charge < -0.3 is 10.1 Å². The summed E-state index contributed by atoms with van der Waals surface area (Å²) in [7, 11) is 1.67. The number of hydrogen-bond acceptors (Lipinski definition) is 3. The van der Waals surface area contributed by atoms with Gasteiger partial charge >= 0.3 is 0 Å². The van der Waals surface area contributed by atoms with Crippen LogP contribution in [0, 0.1) is 0 Å². The number of nitrogens with zero attached hydrogens (tertiary/aromatic N) is 1. The monoisotopic (exact) mass is 360 g/mol. The van der Waals surface area contributed by atoms with Crippen LogP contribution >= 0.6 is 24.8 Å². The lowest BCUT2D eigenvalue weighted by Gasteiger charge is -2.34. The molecule has 2 aromatic rings. The minimum atomic E-state index is -0.365. The number of methoxy groups -OCH3 is 1. The third-order valence-electron chi connectivity index (χ3n) is 4.24. The molecule has 1 atom stereocenters. The summed E-state index contributed by atoms with van der Waals surface area (Å²) in [5.74, 6) is 0.840. The molecule has 0 saturated carbocycles. The summed E-state index contributed by atoms with van der Waals surface area (Å²) in [6.07, 6.45) is 0. The maximum absolute atomic E-state index is 13.7. The summed E-state index contributed by atoms with van der Waals surface area (Å²) >= 11 is 0. The Hall–Kier alpha value is -1.07. The highest BCUT2D eigenvalue weighted by Gasteiger charge is 2.24. The Labute approximate surface area is 149 Å². The quantitative estimate of drug-likeness (QED) is 0.901. The highest BCUT2D eigenvalue weighted by Crippen LogP contribution is 2.34. The van der Waals surface area contributed by atoms with Gasteiger partial charge in [0.25, 0.3) is 0 Å². The van der Waals surface area contributed by atoms with Crippen LogP contribution in [0.5, 0.6) is 5.75 Å². The van der Waals surface area contributed by atoms with E-state index in [9.17, 15) is 4.39 Å². The SMILES string of the molecule is COc1ccc([C@H](CF)N2CCNCC2)c2ccccc12.Cl.Cl. The Morgan fingerprint density at radius 2 is 1.74 bits per heavy atom. The van der Waals surface area contributed by atoms with E-state index >= 15 is 0 Å². The molecule has 0 spiro atoms. The molecule has 23 heavy (non-hydrogen) atoms. The van der Waals surface area contributed by atoms with Gasteiger partial charge in [0.2, 0.25) is 0 Å². The number of ether oxygens (including phenoxy) is 1. The van der Waals surface area contributed by atoms with Crippen molar-refractivity contribution in [3.8, 4) is 5.75 Å². The van der Waals surface area contributed by atoms with Crippen LogP contribution in [0.2, 0.25) is 0 Å². The predicted molar refractivity (Wildman–Crippen MR) is 98.2 cm³/mol. The first-order valence-corrected chi connectivity index (χ1v) is 7.41. The Balaban J connectivity index is 0.00000132. The summed E-state index contributed by atoms with van der Waals surface area (Å²) in [6, 6.07) is 11.9. The first-order chi connectivity index (χ1) is 10.3. The molecular formula is C17H23Cl2FN2O. The van der Waals surface area contributed by atoms with Gasteiger partial charge in [0.1, 0.15) is 12.4 Å². The lowest BCUT2D eigenvalue weighted by molar-refractivity contribution is 0.148. The lowest BCUT2D eigenvalue weighted by Crippen LogP contribution is -2.45. The molecule has 0 bridgehead atoms. The van der Waals surface area contributed by atoms with E-state index in [0.717, 1.165) is 48.3 Å². The zero-order valence-corrected chi connectivity index (χ0v) is 14.8. The van der Waals surface area contributed by atoms with Gasteiger partial charge in [-0.1, -0.05) is 30.3 Å². The molecule has 1 saturated heterocycles. The molecule has 6 heteroatoms. The second kappa shape index (κ2) is 9.28. The van der Waals surface area contributed by atoms with Gasteiger partial charge in [0.15, 0.2) is 0 Å². The van der Waals surface area contributed by atoms with Crippen molar-refractivity contribution in [3.05, 3.63) is 42.0 Å². The molecular weight excluding hydrogens is 338 g/mol. The highest BCUT2D eigenvalue weighted by molar-refractivity contribution is 5.91. The summed E-state index contributed by atoms with van der Waals surface area (Å²) < 4.78 is 19.2. The largest absolute Gasteiger partial charge is 0.496 e. The van der Waals surface area contributed by atoms with Crippen molar-refractivity contribution in [2.45, 2.75) is 6.04 Å². The number of halogens is 3. The lowest BCUT2D eigenvalue weighted by atomic mass is 9.97. The van der Waals surface area contributed by atoms with E-state index in [2.05, 4.69) is 16.3 Å². The van der Waals surface area contributed by atoms with Crippen LogP contribution in [0.4, 0.5) is 4.39 Å². The Bertz CT molecular complexity index is 621. The van der Waals surface area contributed by atoms with Crippen molar-refractivity contribution < 1.29 is 9.13 Å². The van der Waals surface area contributed by atoms with Crippen molar-refractivity contribution >= 4 is 35.6 Å². The van der Waals surface area contributed by atoms with Crippen molar-refractivity contribution in [1.29, 1.82) is 0 Å². The van der Waals surface area contributed by atoms with Gasteiger partial charge in [-0.2, -0.15) is 0 Å². The number of rotatable bonds is 4. The van der Waals surface area contributed by atoms with Crippen LogP contribution in [0.25, 0.3) is 10.8 Å². The number of benzene rings is 2. The van der Waals surface area contributed by atoms with E-state index in [1.165, 1.54) is 0 Å². The second-order valence-corrected chi connectivity index (χ2v) is 5.36. The molecule has 0 amide bonds. The molecule has 1 N–H and O–H groups in total. The Morgan fingerprint density at radius 1 is 1.09 bits per heavy atom. The first-order valence-electron chi connectivity index (χ1n) is 7.41. The van der Waals surface area contributed by atoms with Gasteiger partial charge in [-0.05, 0) is 17.0 Å². The maximum Gasteiger partial charge on any atom is 0.126 e. The summed E-state index contributed by atoms with van der Waals surface area (Å²) in [6.45, 7) is 3.25. The molecule has 3 rings (SSSR count). The number of hydrogen-bond donors (Lipinski definition) is 1. The summed E-state index contributed by atoms with van der Waals surface area (Å²) in [5.41, 5.74) is 1.05. The van der Waals surface area contributed by atoms with E-state index in [-0.39, 0.29) is 37.5 Å². The number of piperazine rings is 1. The van der Waals surface area contributed by atoms with Gasteiger partial charge in [-0.15, -0.1) is 24.8 Å². The molecule has 0 unspecified atom stereocenters. The Kier molecular flexibility index (Phi) is 8.06. The normalized spacial score (nSPS) is 16.3.